The van der Waals surface area contributed by atoms with Crippen LogP contribution >= 0.6 is 15.9 Å². The molecular formula is C15H18BrN3O. The van der Waals surface area contributed by atoms with E-state index < -0.39 is 11.7 Å². The number of ether oxygens (including phenoxy) is 1. The van der Waals surface area contributed by atoms with E-state index in [4.69, 9.17) is 16.2 Å². The summed E-state index contributed by atoms with van der Waals surface area (Å²) < 4.78 is 6.64. The van der Waals surface area contributed by atoms with Gasteiger partial charge in [-0.1, -0.05) is 34.7 Å². The van der Waals surface area contributed by atoms with Gasteiger partial charge in [0.05, 0.1) is 5.54 Å². The van der Waals surface area contributed by atoms with Gasteiger partial charge in [-0.2, -0.15) is 0 Å². The molecule has 20 heavy (non-hydrogen) atoms. The van der Waals surface area contributed by atoms with E-state index in [1.807, 2.05) is 30.4 Å². The molecule has 0 saturated carbocycles. The molecule has 0 amide bonds. The van der Waals surface area contributed by atoms with E-state index in [2.05, 4.69) is 27.5 Å². The van der Waals surface area contributed by atoms with Gasteiger partial charge in [0.1, 0.15) is 18.5 Å². The van der Waals surface area contributed by atoms with Gasteiger partial charge in [0.25, 0.3) is 0 Å². The van der Waals surface area contributed by atoms with E-state index in [9.17, 15) is 0 Å². The largest absolute Gasteiger partial charge is 0.489 e. The van der Waals surface area contributed by atoms with E-state index >= 15 is 0 Å². The quantitative estimate of drug-likeness (QED) is 0.810. The van der Waals surface area contributed by atoms with Gasteiger partial charge in [0.15, 0.2) is 0 Å². The third kappa shape index (κ3) is 3.36. The number of aliphatic imine (C=N–C) groups is 1. The summed E-state index contributed by atoms with van der Waals surface area (Å²) >= 11 is 3.47. The maximum Gasteiger partial charge on any atom is 0.123 e. The lowest BCUT2D eigenvalue weighted by Gasteiger charge is -2.32. The van der Waals surface area contributed by atoms with Crippen LogP contribution in [0.3, 0.4) is 0 Å². The molecule has 0 fully saturated rings. The molecule has 1 heterocycles. The van der Waals surface area contributed by atoms with Crippen molar-refractivity contribution in [2.45, 2.75) is 18.1 Å². The highest BCUT2D eigenvalue weighted by molar-refractivity contribution is 9.10. The zero-order valence-corrected chi connectivity index (χ0v) is 12.7. The first-order valence-electron chi connectivity index (χ1n) is 6.33. The Kier molecular flexibility index (Phi) is 4.75. The molecule has 1 aliphatic rings. The molecule has 4 nitrogen and oxygen atoms in total. The highest BCUT2D eigenvalue weighted by Gasteiger charge is 2.32. The minimum absolute atomic E-state index is 0.451. The molecule has 5 heteroatoms. The smallest absolute Gasteiger partial charge is 0.123 e. The van der Waals surface area contributed by atoms with Crippen molar-refractivity contribution in [1.82, 2.24) is 0 Å². The predicted molar refractivity (Wildman–Crippen MR) is 86.1 cm³/mol. The van der Waals surface area contributed by atoms with Crippen LogP contribution < -0.4 is 16.2 Å². The summed E-state index contributed by atoms with van der Waals surface area (Å²) in [5, 5.41) is 0. The van der Waals surface area contributed by atoms with Gasteiger partial charge in [-0.15, -0.1) is 0 Å². The summed E-state index contributed by atoms with van der Waals surface area (Å²) in [6.07, 6.45) is 7.19. The van der Waals surface area contributed by atoms with E-state index in [0.29, 0.717) is 13.0 Å². The van der Waals surface area contributed by atoms with Gasteiger partial charge in [-0.05, 0) is 29.8 Å². The lowest BCUT2D eigenvalue weighted by molar-refractivity contribution is 0.351. The standard InChI is InChI=1S/C15H18BrN3O/c1-2-8-20-13-5-4-12(16)9-11(13)10-15(18)6-3-7-19-14(15)17/h2-7,9,14H,1,8,10,17-18H2. The monoisotopic (exact) mass is 335 g/mol. The molecule has 0 saturated heterocycles. The number of rotatable bonds is 5. The normalized spacial score (nSPS) is 24.6. The molecular weight excluding hydrogens is 318 g/mol. The fourth-order valence-electron chi connectivity index (χ4n) is 2.07. The van der Waals surface area contributed by atoms with Crippen molar-refractivity contribution in [2.75, 3.05) is 6.61 Å². The maximum absolute atomic E-state index is 6.37. The zero-order valence-electron chi connectivity index (χ0n) is 11.1. The minimum Gasteiger partial charge on any atom is -0.489 e. The molecule has 1 aromatic rings. The van der Waals surface area contributed by atoms with Crippen LogP contribution in [0.5, 0.6) is 5.75 Å². The third-order valence-electron chi connectivity index (χ3n) is 3.17. The Morgan fingerprint density at radius 2 is 2.30 bits per heavy atom. The summed E-state index contributed by atoms with van der Waals surface area (Å²) in [6.45, 7) is 4.11. The second-order valence-electron chi connectivity index (χ2n) is 4.74. The molecule has 0 spiro atoms. The Labute approximate surface area is 127 Å². The molecule has 0 bridgehead atoms. The number of allylic oxidation sites excluding steroid dienone is 1. The number of benzene rings is 1. The van der Waals surface area contributed by atoms with Crippen LogP contribution in [0.1, 0.15) is 5.56 Å². The number of halogens is 1. The molecule has 2 rings (SSSR count). The molecule has 0 aliphatic carbocycles. The fourth-order valence-corrected chi connectivity index (χ4v) is 2.48. The lowest BCUT2D eigenvalue weighted by atomic mass is 9.87. The van der Waals surface area contributed by atoms with Gasteiger partial charge < -0.3 is 16.2 Å². The van der Waals surface area contributed by atoms with Crippen molar-refractivity contribution in [3.05, 3.63) is 53.0 Å². The number of nitrogens with two attached hydrogens (primary N) is 2. The molecule has 0 aromatic heterocycles. The molecule has 4 N–H and O–H groups in total. The van der Waals surface area contributed by atoms with Crippen LogP contribution in [-0.4, -0.2) is 24.5 Å². The van der Waals surface area contributed by atoms with E-state index in [0.717, 1.165) is 15.8 Å². The average Bonchev–Trinajstić information content (AvgIpc) is 2.41. The first-order valence-corrected chi connectivity index (χ1v) is 7.12. The van der Waals surface area contributed by atoms with Gasteiger partial charge >= 0.3 is 0 Å². The summed E-state index contributed by atoms with van der Waals surface area (Å²) in [6, 6.07) is 5.83. The van der Waals surface area contributed by atoms with E-state index in [-0.39, 0.29) is 0 Å². The fraction of sp³-hybridized carbons (Fsp3) is 0.267. The number of hydrogen-bond acceptors (Lipinski definition) is 4. The summed E-state index contributed by atoms with van der Waals surface area (Å²) in [5.74, 6) is 0.785. The highest BCUT2D eigenvalue weighted by atomic mass is 79.9. The van der Waals surface area contributed by atoms with Crippen LogP contribution in [0.4, 0.5) is 0 Å². The first-order chi connectivity index (χ1) is 9.55. The number of dihydropyridines is 1. The van der Waals surface area contributed by atoms with Crippen LogP contribution in [0.15, 0.2) is 52.5 Å². The molecule has 2 atom stereocenters. The van der Waals surface area contributed by atoms with Crippen molar-refractivity contribution in [3.8, 4) is 5.75 Å². The minimum atomic E-state index is -0.707. The van der Waals surface area contributed by atoms with Crippen molar-refractivity contribution >= 4 is 22.1 Å². The van der Waals surface area contributed by atoms with Gasteiger partial charge in [0, 0.05) is 17.1 Å². The summed E-state index contributed by atoms with van der Waals surface area (Å²) in [7, 11) is 0. The summed E-state index contributed by atoms with van der Waals surface area (Å²) in [5.41, 5.74) is 12.7. The highest BCUT2D eigenvalue weighted by Crippen LogP contribution is 2.28. The Morgan fingerprint density at radius 3 is 3.00 bits per heavy atom. The zero-order chi connectivity index (χ0) is 14.6. The predicted octanol–water partition coefficient (Wildman–Crippen LogP) is 2.18. The van der Waals surface area contributed by atoms with Crippen molar-refractivity contribution in [3.63, 3.8) is 0 Å². The van der Waals surface area contributed by atoms with Crippen molar-refractivity contribution in [2.24, 2.45) is 16.5 Å². The number of nitrogens with zero attached hydrogens (tertiary/aromatic N) is 1. The molecule has 1 aromatic carbocycles. The molecule has 0 radical (unpaired) electrons. The Balaban J connectivity index is 2.27. The van der Waals surface area contributed by atoms with Gasteiger partial charge in [-0.25, -0.2) is 0 Å². The van der Waals surface area contributed by atoms with Crippen LogP contribution in [-0.2, 0) is 6.42 Å². The van der Waals surface area contributed by atoms with Gasteiger partial charge in [-0.3, -0.25) is 4.99 Å². The topological polar surface area (TPSA) is 73.6 Å². The lowest BCUT2D eigenvalue weighted by Crippen LogP contribution is -2.55. The second kappa shape index (κ2) is 6.35. The van der Waals surface area contributed by atoms with Crippen LogP contribution in [0.25, 0.3) is 0 Å². The SMILES string of the molecule is C=CCOc1ccc(Br)cc1CC1(N)C=CC=NC1N. The van der Waals surface area contributed by atoms with Crippen LogP contribution in [0.2, 0.25) is 0 Å². The van der Waals surface area contributed by atoms with Gasteiger partial charge in [0.2, 0.25) is 0 Å². The maximum atomic E-state index is 6.37. The average molecular weight is 336 g/mol. The second-order valence-corrected chi connectivity index (χ2v) is 5.66. The summed E-state index contributed by atoms with van der Waals surface area (Å²) in [4.78, 5) is 4.17. The Morgan fingerprint density at radius 1 is 1.50 bits per heavy atom. The van der Waals surface area contributed by atoms with E-state index in [1.54, 1.807) is 12.3 Å². The molecule has 1 aliphatic heterocycles. The Bertz CT molecular complexity index is 556. The Hall–Kier alpha value is -1.43. The molecule has 2 unspecified atom stereocenters. The number of hydrogen-bond donors (Lipinski definition) is 2. The van der Waals surface area contributed by atoms with Crippen molar-refractivity contribution in [1.29, 1.82) is 0 Å². The third-order valence-corrected chi connectivity index (χ3v) is 3.66. The first kappa shape index (κ1) is 15.0. The van der Waals surface area contributed by atoms with Crippen molar-refractivity contribution < 1.29 is 4.74 Å². The van der Waals surface area contributed by atoms with Crippen LogP contribution in [0, 0.1) is 0 Å². The molecule has 106 valence electrons. The van der Waals surface area contributed by atoms with E-state index in [1.165, 1.54) is 0 Å².